The summed E-state index contributed by atoms with van der Waals surface area (Å²) in [6, 6.07) is 6.02. The van der Waals surface area contributed by atoms with E-state index in [2.05, 4.69) is 55.1 Å². The SMILES string of the molecule is Cc1cc(C)c(Nc2cc(C(=O)N3CCC(C)CC3)ncn2)c(C)c1. The normalized spacial score (nSPS) is 15.3. The first-order valence-corrected chi connectivity index (χ1v) is 8.90. The van der Waals surface area contributed by atoms with Gasteiger partial charge in [0.25, 0.3) is 5.91 Å². The van der Waals surface area contributed by atoms with E-state index in [1.807, 2.05) is 4.90 Å². The first-order chi connectivity index (χ1) is 11.9. The first kappa shape index (κ1) is 17.4. The summed E-state index contributed by atoms with van der Waals surface area (Å²) in [5.41, 5.74) is 5.05. The highest BCUT2D eigenvalue weighted by molar-refractivity contribution is 5.93. The molecule has 5 heteroatoms. The van der Waals surface area contributed by atoms with Crippen LogP contribution < -0.4 is 5.32 Å². The Morgan fingerprint density at radius 1 is 1.08 bits per heavy atom. The first-order valence-electron chi connectivity index (χ1n) is 8.90. The van der Waals surface area contributed by atoms with Crippen molar-refractivity contribution in [2.24, 2.45) is 5.92 Å². The highest BCUT2D eigenvalue weighted by atomic mass is 16.2. The van der Waals surface area contributed by atoms with Crippen molar-refractivity contribution in [2.75, 3.05) is 18.4 Å². The number of carbonyl (C=O) groups excluding carboxylic acids is 1. The maximum absolute atomic E-state index is 12.7. The summed E-state index contributed by atoms with van der Waals surface area (Å²) in [4.78, 5) is 23.1. The highest BCUT2D eigenvalue weighted by Gasteiger charge is 2.22. The van der Waals surface area contributed by atoms with Crippen LogP contribution in [0.4, 0.5) is 11.5 Å². The number of nitrogens with zero attached hydrogens (tertiary/aromatic N) is 3. The predicted molar refractivity (Wildman–Crippen MR) is 100 cm³/mol. The molecule has 3 rings (SSSR count). The van der Waals surface area contributed by atoms with Crippen molar-refractivity contribution in [1.82, 2.24) is 14.9 Å². The molecule has 1 aliphatic heterocycles. The molecule has 1 aromatic heterocycles. The summed E-state index contributed by atoms with van der Waals surface area (Å²) in [5.74, 6) is 1.34. The third kappa shape index (κ3) is 3.98. The largest absolute Gasteiger partial charge is 0.340 e. The fraction of sp³-hybridized carbons (Fsp3) is 0.450. The van der Waals surface area contributed by atoms with Crippen LogP contribution in [0.25, 0.3) is 0 Å². The average Bonchev–Trinajstić information content (AvgIpc) is 2.58. The average molecular weight is 338 g/mol. The third-order valence-corrected chi connectivity index (χ3v) is 4.89. The standard InChI is InChI=1S/C20H26N4O/c1-13-5-7-24(8-6-13)20(25)17-11-18(22-12-21-17)23-19-15(3)9-14(2)10-16(19)4/h9-13H,5-8H2,1-4H3,(H,21,22,23). The minimum atomic E-state index is -0.00491. The predicted octanol–water partition coefficient (Wildman–Crippen LogP) is 4.02. The molecule has 0 saturated carbocycles. The second kappa shape index (κ2) is 7.21. The summed E-state index contributed by atoms with van der Waals surface area (Å²) in [6.45, 7) is 10.1. The van der Waals surface area contributed by atoms with Crippen LogP contribution in [0, 0.1) is 26.7 Å². The summed E-state index contributed by atoms with van der Waals surface area (Å²) in [5, 5.41) is 3.35. The summed E-state index contributed by atoms with van der Waals surface area (Å²) in [7, 11) is 0. The number of hydrogen-bond acceptors (Lipinski definition) is 4. The number of amides is 1. The molecule has 1 aliphatic rings. The number of carbonyl (C=O) groups is 1. The second-order valence-electron chi connectivity index (χ2n) is 7.16. The smallest absolute Gasteiger partial charge is 0.272 e. The van der Waals surface area contributed by atoms with Gasteiger partial charge in [0.1, 0.15) is 17.8 Å². The van der Waals surface area contributed by atoms with Crippen molar-refractivity contribution in [3.8, 4) is 0 Å². The number of likely N-dealkylation sites (tertiary alicyclic amines) is 1. The van der Waals surface area contributed by atoms with E-state index in [0.29, 0.717) is 17.4 Å². The molecule has 1 fully saturated rings. The molecule has 2 aromatic rings. The van der Waals surface area contributed by atoms with E-state index >= 15 is 0 Å². The zero-order chi connectivity index (χ0) is 18.0. The molecule has 0 unspecified atom stereocenters. The van der Waals surface area contributed by atoms with Gasteiger partial charge in [-0.1, -0.05) is 24.6 Å². The van der Waals surface area contributed by atoms with Gasteiger partial charge in [0.15, 0.2) is 0 Å². The maximum Gasteiger partial charge on any atom is 0.272 e. The number of rotatable bonds is 3. The van der Waals surface area contributed by atoms with Gasteiger partial charge in [-0.05, 0) is 50.7 Å². The molecular formula is C20H26N4O. The lowest BCUT2D eigenvalue weighted by atomic mass is 9.99. The molecule has 25 heavy (non-hydrogen) atoms. The minimum absolute atomic E-state index is 0.00491. The highest BCUT2D eigenvalue weighted by Crippen LogP contribution is 2.25. The number of benzene rings is 1. The van der Waals surface area contributed by atoms with E-state index in [9.17, 15) is 4.79 Å². The third-order valence-electron chi connectivity index (χ3n) is 4.89. The Bertz CT molecular complexity index is 756. The van der Waals surface area contributed by atoms with Crippen LogP contribution in [0.5, 0.6) is 0 Å². The Morgan fingerprint density at radius 2 is 1.72 bits per heavy atom. The Kier molecular flexibility index (Phi) is 5.02. The number of aromatic nitrogens is 2. The van der Waals surface area contributed by atoms with Crippen molar-refractivity contribution in [3.05, 3.63) is 46.9 Å². The van der Waals surface area contributed by atoms with Gasteiger partial charge in [-0.3, -0.25) is 4.79 Å². The van der Waals surface area contributed by atoms with Gasteiger partial charge < -0.3 is 10.2 Å². The molecule has 5 nitrogen and oxygen atoms in total. The fourth-order valence-electron chi connectivity index (χ4n) is 3.42. The van der Waals surface area contributed by atoms with Gasteiger partial charge in [-0.25, -0.2) is 9.97 Å². The summed E-state index contributed by atoms with van der Waals surface area (Å²) >= 11 is 0. The van der Waals surface area contributed by atoms with Crippen molar-refractivity contribution in [3.63, 3.8) is 0 Å². The molecule has 1 N–H and O–H groups in total. The monoisotopic (exact) mass is 338 g/mol. The van der Waals surface area contributed by atoms with Crippen LogP contribution in [0.1, 0.15) is 46.9 Å². The molecule has 0 atom stereocenters. The number of hydrogen-bond donors (Lipinski definition) is 1. The lowest BCUT2D eigenvalue weighted by Gasteiger charge is -2.30. The van der Waals surface area contributed by atoms with Crippen LogP contribution >= 0.6 is 0 Å². The lowest BCUT2D eigenvalue weighted by Crippen LogP contribution is -2.38. The van der Waals surface area contributed by atoms with E-state index in [1.165, 1.54) is 11.9 Å². The van der Waals surface area contributed by atoms with Crippen molar-refractivity contribution in [2.45, 2.75) is 40.5 Å². The van der Waals surface area contributed by atoms with Gasteiger partial charge in [-0.15, -0.1) is 0 Å². The van der Waals surface area contributed by atoms with E-state index < -0.39 is 0 Å². The molecule has 0 radical (unpaired) electrons. The zero-order valence-electron chi connectivity index (χ0n) is 15.5. The fourth-order valence-corrected chi connectivity index (χ4v) is 3.42. The van der Waals surface area contributed by atoms with Gasteiger partial charge >= 0.3 is 0 Å². The Labute approximate surface area is 149 Å². The molecule has 0 spiro atoms. The van der Waals surface area contributed by atoms with Gasteiger partial charge in [0.05, 0.1) is 0 Å². The molecule has 1 amide bonds. The van der Waals surface area contributed by atoms with E-state index in [1.54, 1.807) is 6.07 Å². The van der Waals surface area contributed by atoms with Gasteiger partial charge in [-0.2, -0.15) is 0 Å². The lowest BCUT2D eigenvalue weighted by molar-refractivity contribution is 0.0691. The quantitative estimate of drug-likeness (QED) is 0.918. The number of aryl methyl sites for hydroxylation is 3. The van der Waals surface area contributed by atoms with Crippen LogP contribution in [0.15, 0.2) is 24.5 Å². The summed E-state index contributed by atoms with van der Waals surface area (Å²) in [6.07, 6.45) is 3.58. The van der Waals surface area contributed by atoms with Crippen LogP contribution in [-0.4, -0.2) is 33.9 Å². The van der Waals surface area contributed by atoms with Crippen LogP contribution in [0.2, 0.25) is 0 Å². The maximum atomic E-state index is 12.7. The molecule has 132 valence electrons. The van der Waals surface area contributed by atoms with E-state index in [0.717, 1.165) is 42.7 Å². The molecule has 0 bridgehead atoms. The zero-order valence-corrected chi connectivity index (χ0v) is 15.5. The molecular weight excluding hydrogens is 312 g/mol. The Balaban J connectivity index is 1.79. The van der Waals surface area contributed by atoms with Crippen molar-refractivity contribution in [1.29, 1.82) is 0 Å². The van der Waals surface area contributed by atoms with Crippen molar-refractivity contribution >= 4 is 17.4 Å². The Hall–Kier alpha value is -2.43. The van der Waals surface area contributed by atoms with Gasteiger partial charge in [0.2, 0.25) is 0 Å². The molecule has 1 saturated heterocycles. The second-order valence-corrected chi connectivity index (χ2v) is 7.16. The van der Waals surface area contributed by atoms with Crippen molar-refractivity contribution < 1.29 is 4.79 Å². The number of piperidine rings is 1. The molecule has 0 aliphatic carbocycles. The Morgan fingerprint density at radius 3 is 2.36 bits per heavy atom. The van der Waals surface area contributed by atoms with E-state index in [4.69, 9.17) is 0 Å². The van der Waals surface area contributed by atoms with Crippen LogP contribution in [0.3, 0.4) is 0 Å². The number of anilines is 2. The minimum Gasteiger partial charge on any atom is -0.340 e. The van der Waals surface area contributed by atoms with E-state index in [-0.39, 0.29) is 5.91 Å². The summed E-state index contributed by atoms with van der Waals surface area (Å²) < 4.78 is 0. The van der Waals surface area contributed by atoms with Crippen LogP contribution in [-0.2, 0) is 0 Å². The molecule has 1 aromatic carbocycles. The topological polar surface area (TPSA) is 58.1 Å². The van der Waals surface area contributed by atoms with Gasteiger partial charge in [0, 0.05) is 24.8 Å². The number of nitrogens with one attached hydrogen (secondary N) is 1. The molecule has 2 heterocycles.